The number of aromatic nitrogens is 3. The highest BCUT2D eigenvalue weighted by Gasteiger charge is 2.31. The normalized spacial score (nSPS) is 14.7. The number of thioether (sulfide) groups is 1. The summed E-state index contributed by atoms with van der Waals surface area (Å²) in [5.74, 6) is 1.19. The summed E-state index contributed by atoms with van der Waals surface area (Å²) in [7, 11) is 0. The lowest BCUT2D eigenvalue weighted by molar-refractivity contribution is -0.124. The lowest BCUT2D eigenvalue weighted by Crippen LogP contribution is -2.55. The van der Waals surface area contributed by atoms with Crippen molar-refractivity contribution in [2.75, 3.05) is 5.75 Å². The molecule has 0 aliphatic rings. The number of nitrogens with one attached hydrogen (secondary N) is 2. The maximum atomic E-state index is 11.5. The van der Waals surface area contributed by atoms with Gasteiger partial charge in [0.1, 0.15) is 5.82 Å². The molecule has 0 aliphatic carbocycles. The zero-order valence-corrected chi connectivity index (χ0v) is 12.1. The molecule has 1 atom stereocenters. The van der Waals surface area contributed by atoms with Crippen molar-refractivity contribution in [2.45, 2.75) is 50.9 Å². The topological polar surface area (TPSA) is 96.7 Å². The van der Waals surface area contributed by atoms with Crippen molar-refractivity contribution in [2.24, 2.45) is 5.73 Å². The van der Waals surface area contributed by atoms with Gasteiger partial charge in [-0.05, 0) is 34.1 Å². The molecule has 1 heterocycles. The number of rotatable bonds is 7. The Morgan fingerprint density at radius 3 is 2.72 bits per heavy atom. The van der Waals surface area contributed by atoms with E-state index in [9.17, 15) is 4.79 Å². The van der Waals surface area contributed by atoms with Crippen molar-refractivity contribution in [3.05, 3.63) is 5.82 Å². The highest BCUT2D eigenvalue weighted by molar-refractivity contribution is 7.99. The van der Waals surface area contributed by atoms with E-state index in [-0.39, 0.29) is 11.9 Å². The number of carbonyl (C=O) groups is 1. The summed E-state index contributed by atoms with van der Waals surface area (Å²) >= 11 is 1.51. The molecular formula is C11H21N5OS. The van der Waals surface area contributed by atoms with Gasteiger partial charge in [0.2, 0.25) is 11.1 Å². The summed E-state index contributed by atoms with van der Waals surface area (Å²) in [5.41, 5.74) is 4.77. The Kier molecular flexibility index (Phi) is 5.15. The molecular weight excluding hydrogens is 250 g/mol. The van der Waals surface area contributed by atoms with Gasteiger partial charge in [-0.15, -0.1) is 5.10 Å². The molecule has 0 saturated heterocycles. The third kappa shape index (κ3) is 4.30. The van der Waals surface area contributed by atoms with Gasteiger partial charge in [-0.25, -0.2) is 4.98 Å². The van der Waals surface area contributed by atoms with Gasteiger partial charge in [0, 0.05) is 11.8 Å². The first-order chi connectivity index (χ1) is 8.33. The number of nitrogens with two attached hydrogens (primary N) is 1. The molecule has 102 valence electrons. The zero-order valence-electron chi connectivity index (χ0n) is 11.3. The predicted octanol–water partition coefficient (Wildman–Crippen LogP) is 0.837. The van der Waals surface area contributed by atoms with Crippen LogP contribution in [0.25, 0.3) is 0 Å². The lowest BCUT2D eigenvalue weighted by atomic mass is 9.97. The molecule has 0 aromatic carbocycles. The van der Waals surface area contributed by atoms with Gasteiger partial charge < -0.3 is 11.1 Å². The molecule has 0 aliphatic heterocycles. The zero-order chi connectivity index (χ0) is 13.8. The van der Waals surface area contributed by atoms with Crippen molar-refractivity contribution in [1.29, 1.82) is 0 Å². The number of hydrogen-bond donors (Lipinski definition) is 3. The van der Waals surface area contributed by atoms with Gasteiger partial charge in [0.25, 0.3) is 0 Å². The van der Waals surface area contributed by atoms with Crippen molar-refractivity contribution in [3.63, 3.8) is 0 Å². The molecule has 0 radical (unpaired) electrons. The van der Waals surface area contributed by atoms with Crippen LogP contribution in [0.1, 0.15) is 33.0 Å². The Morgan fingerprint density at radius 1 is 1.61 bits per heavy atom. The number of primary amides is 1. The van der Waals surface area contributed by atoms with E-state index < -0.39 is 5.54 Å². The van der Waals surface area contributed by atoms with Gasteiger partial charge in [-0.2, -0.15) is 0 Å². The summed E-state index contributed by atoms with van der Waals surface area (Å²) in [5, 5.41) is 10.7. The minimum Gasteiger partial charge on any atom is -0.368 e. The fourth-order valence-corrected chi connectivity index (χ4v) is 2.64. The second-order valence-electron chi connectivity index (χ2n) is 4.80. The maximum Gasteiger partial charge on any atom is 0.237 e. The Morgan fingerprint density at radius 2 is 2.28 bits per heavy atom. The Bertz CT molecular complexity index is 406. The van der Waals surface area contributed by atoms with Crippen LogP contribution in [-0.2, 0) is 4.79 Å². The molecule has 18 heavy (non-hydrogen) atoms. The first-order valence-corrected chi connectivity index (χ1v) is 6.91. The quantitative estimate of drug-likeness (QED) is 0.638. The number of H-pyrrole nitrogens is 1. The summed E-state index contributed by atoms with van der Waals surface area (Å²) in [4.78, 5) is 15.7. The Hall–Kier alpha value is -1.08. The molecule has 1 rings (SSSR count). The van der Waals surface area contributed by atoms with Gasteiger partial charge in [-0.3, -0.25) is 9.89 Å². The van der Waals surface area contributed by atoms with E-state index in [0.29, 0.717) is 11.6 Å². The molecule has 4 N–H and O–H groups in total. The van der Waals surface area contributed by atoms with E-state index >= 15 is 0 Å². The molecule has 0 bridgehead atoms. The SMILES string of the molecule is Cc1nc(SCCC(C)(NC(C)C)C(N)=O)n[nH]1. The Balaban J connectivity index is 2.50. The second kappa shape index (κ2) is 6.19. The molecule has 6 nitrogen and oxygen atoms in total. The van der Waals surface area contributed by atoms with Crippen molar-refractivity contribution in [3.8, 4) is 0 Å². The fourth-order valence-electron chi connectivity index (χ4n) is 1.64. The average molecular weight is 271 g/mol. The van der Waals surface area contributed by atoms with E-state index in [2.05, 4.69) is 20.5 Å². The molecule has 1 amide bonds. The number of nitrogens with zero attached hydrogens (tertiary/aromatic N) is 2. The number of aromatic amines is 1. The van der Waals surface area contributed by atoms with Crippen LogP contribution >= 0.6 is 11.8 Å². The minimum atomic E-state index is -0.688. The second-order valence-corrected chi connectivity index (χ2v) is 5.86. The standard InChI is InChI=1S/C11H21N5OS/c1-7(2)14-11(4,9(12)17)5-6-18-10-13-8(3)15-16-10/h7,14H,5-6H2,1-4H3,(H2,12,17)(H,13,15,16). The third-order valence-corrected chi connectivity index (χ3v) is 3.41. The van der Waals surface area contributed by atoms with Crippen LogP contribution in [0.2, 0.25) is 0 Å². The van der Waals surface area contributed by atoms with Gasteiger partial charge in [0.15, 0.2) is 0 Å². The van der Waals surface area contributed by atoms with Crippen LogP contribution in [0, 0.1) is 6.92 Å². The number of aryl methyl sites for hydroxylation is 1. The smallest absolute Gasteiger partial charge is 0.237 e. The highest BCUT2D eigenvalue weighted by Crippen LogP contribution is 2.19. The molecule has 0 saturated carbocycles. The predicted molar refractivity (Wildman–Crippen MR) is 72.3 cm³/mol. The number of amides is 1. The van der Waals surface area contributed by atoms with Gasteiger partial charge >= 0.3 is 0 Å². The van der Waals surface area contributed by atoms with Crippen molar-refractivity contribution < 1.29 is 4.79 Å². The largest absolute Gasteiger partial charge is 0.368 e. The average Bonchev–Trinajstić information content (AvgIpc) is 2.63. The Labute approximate surface area is 112 Å². The number of carbonyl (C=O) groups excluding carboxylic acids is 1. The van der Waals surface area contributed by atoms with Crippen LogP contribution < -0.4 is 11.1 Å². The molecule has 1 aromatic heterocycles. The van der Waals surface area contributed by atoms with E-state index in [0.717, 1.165) is 11.6 Å². The number of hydrogen-bond acceptors (Lipinski definition) is 5. The molecule has 0 spiro atoms. The molecule has 1 unspecified atom stereocenters. The van der Waals surface area contributed by atoms with Gasteiger partial charge in [0.05, 0.1) is 5.54 Å². The van der Waals surface area contributed by atoms with E-state index in [1.54, 1.807) is 0 Å². The van der Waals surface area contributed by atoms with Crippen LogP contribution in [0.5, 0.6) is 0 Å². The highest BCUT2D eigenvalue weighted by atomic mass is 32.2. The fraction of sp³-hybridized carbons (Fsp3) is 0.727. The summed E-state index contributed by atoms with van der Waals surface area (Å²) in [6, 6.07) is 0.207. The summed E-state index contributed by atoms with van der Waals surface area (Å²) < 4.78 is 0. The van der Waals surface area contributed by atoms with Crippen LogP contribution in [-0.4, -0.2) is 38.4 Å². The summed E-state index contributed by atoms with van der Waals surface area (Å²) in [6.45, 7) is 7.67. The van der Waals surface area contributed by atoms with Crippen molar-refractivity contribution in [1.82, 2.24) is 20.5 Å². The van der Waals surface area contributed by atoms with E-state index in [1.807, 2.05) is 27.7 Å². The van der Waals surface area contributed by atoms with E-state index in [4.69, 9.17) is 5.73 Å². The summed E-state index contributed by atoms with van der Waals surface area (Å²) in [6.07, 6.45) is 0.638. The van der Waals surface area contributed by atoms with Gasteiger partial charge in [-0.1, -0.05) is 11.8 Å². The van der Waals surface area contributed by atoms with Crippen LogP contribution in [0.3, 0.4) is 0 Å². The van der Waals surface area contributed by atoms with Crippen LogP contribution in [0.4, 0.5) is 0 Å². The first-order valence-electron chi connectivity index (χ1n) is 5.93. The lowest BCUT2D eigenvalue weighted by Gasteiger charge is -2.29. The monoisotopic (exact) mass is 271 g/mol. The minimum absolute atomic E-state index is 0.207. The molecule has 7 heteroatoms. The van der Waals surface area contributed by atoms with Crippen molar-refractivity contribution >= 4 is 17.7 Å². The van der Waals surface area contributed by atoms with Crippen LogP contribution in [0.15, 0.2) is 5.16 Å². The molecule has 0 fully saturated rings. The third-order valence-electron chi connectivity index (χ3n) is 2.56. The maximum absolute atomic E-state index is 11.5. The molecule has 1 aromatic rings. The van der Waals surface area contributed by atoms with E-state index in [1.165, 1.54) is 11.8 Å². The first kappa shape index (κ1) is 15.0.